The molecule has 10 heteroatoms. The van der Waals surface area contributed by atoms with Crippen LogP contribution in [0.2, 0.25) is 0 Å². The van der Waals surface area contributed by atoms with Gasteiger partial charge in [-0.2, -0.15) is 0 Å². The largest absolute Gasteiger partial charge is 0.500 e. The number of Topliss-reactive ketones (excluding diaryl/α,β-unsaturated/α-hetero) is 1. The van der Waals surface area contributed by atoms with Crippen LogP contribution >= 0.6 is 0 Å². The molecule has 0 saturated heterocycles. The van der Waals surface area contributed by atoms with Gasteiger partial charge in [-0.25, -0.2) is 4.79 Å². The van der Waals surface area contributed by atoms with Crippen molar-refractivity contribution in [2.45, 2.75) is 6.92 Å². The van der Waals surface area contributed by atoms with Gasteiger partial charge < -0.3 is 24.6 Å². The zero-order valence-electron chi connectivity index (χ0n) is 16.6. The van der Waals surface area contributed by atoms with E-state index in [2.05, 4.69) is 5.32 Å². The molecule has 0 spiro atoms. The molecule has 0 bridgehead atoms. The van der Waals surface area contributed by atoms with Crippen LogP contribution < -0.4 is 10.1 Å². The molecule has 1 aliphatic heterocycles. The second-order valence-electron chi connectivity index (χ2n) is 6.20. The van der Waals surface area contributed by atoms with E-state index in [1.807, 2.05) is 0 Å². The summed E-state index contributed by atoms with van der Waals surface area (Å²) in [4.78, 5) is 35.6. The van der Waals surface area contributed by atoms with E-state index in [0.29, 0.717) is 5.69 Å². The van der Waals surface area contributed by atoms with E-state index in [0.717, 1.165) is 6.07 Å². The highest BCUT2D eigenvalue weighted by atomic mass is 16.6. The van der Waals surface area contributed by atoms with Crippen molar-refractivity contribution in [1.29, 1.82) is 0 Å². The van der Waals surface area contributed by atoms with Gasteiger partial charge >= 0.3 is 11.7 Å². The third-order valence-electron chi connectivity index (χ3n) is 4.19. The van der Waals surface area contributed by atoms with Crippen molar-refractivity contribution in [2.75, 3.05) is 19.0 Å². The molecule has 31 heavy (non-hydrogen) atoms. The zero-order chi connectivity index (χ0) is 22.5. The SMILES string of the molecule is CCOC(=O)C1=C(Nc2ccccc2)O/C(=C\c2cc(OC)c(O)c([N+](=O)[O-])c2)C1=O. The van der Waals surface area contributed by atoms with Gasteiger partial charge in [-0.3, -0.25) is 14.9 Å². The maximum atomic E-state index is 12.9. The number of esters is 1. The third-order valence-corrected chi connectivity index (χ3v) is 4.19. The Morgan fingerprint density at radius 1 is 1.29 bits per heavy atom. The van der Waals surface area contributed by atoms with Crippen LogP contribution in [0.3, 0.4) is 0 Å². The molecule has 0 amide bonds. The van der Waals surface area contributed by atoms with Crippen LogP contribution in [-0.2, 0) is 19.1 Å². The summed E-state index contributed by atoms with van der Waals surface area (Å²) in [5.41, 5.74) is -0.237. The van der Waals surface area contributed by atoms with Crippen LogP contribution in [0, 0.1) is 10.1 Å². The number of carbonyl (C=O) groups excluding carboxylic acids is 2. The molecule has 2 N–H and O–H groups in total. The van der Waals surface area contributed by atoms with Gasteiger partial charge in [0.1, 0.15) is 0 Å². The molecule has 2 aromatic rings. The molecule has 1 heterocycles. The number of ketones is 1. The molecule has 0 unspecified atom stereocenters. The summed E-state index contributed by atoms with van der Waals surface area (Å²) in [5.74, 6) is -2.82. The molecule has 0 aliphatic carbocycles. The number of benzene rings is 2. The Morgan fingerprint density at radius 2 is 2.00 bits per heavy atom. The van der Waals surface area contributed by atoms with E-state index in [1.54, 1.807) is 37.3 Å². The molecule has 0 aromatic heterocycles. The molecule has 0 fully saturated rings. The number of hydrogen-bond donors (Lipinski definition) is 2. The first kappa shape index (κ1) is 21.4. The summed E-state index contributed by atoms with van der Waals surface area (Å²) in [7, 11) is 1.23. The Balaban J connectivity index is 2.02. The summed E-state index contributed by atoms with van der Waals surface area (Å²) < 4.78 is 15.5. The van der Waals surface area contributed by atoms with E-state index in [4.69, 9.17) is 14.2 Å². The topological polar surface area (TPSA) is 137 Å². The summed E-state index contributed by atoms with van der Waals surface area (Å²) in [5, 5.41) is 24.0. The first-order valence-corrected chi connectivity index (χ1v) is 9.08. The fourth-order valence-corrected chi connectivity index (χ4v) is 2.80. The van der Waals surface area contributed by atoms with Gasteiger partial charge in [0.25, 0.3) is 0 Å². The van der Waals surface area contributed by atoms with Crippen molar-refractivity contribution in [3.8, 4) is 11.5 Å². The number of aromatic hydroxyl groups is 1. The number of phenols is 1. The third kappa shape index (κ3) is 4.47. The summed E-state index contributed by atoms with van der Waals surface area (Å²) in [6.07, 6.45) is 1.20. The van der Waals surface area contributed by atoms with Gasteiger partial charge in [0.05, 0.1) is 18.6 Å². The van der Waals surface area contributed by atoms with Crippen molar-refractivity contribution in [1.82, 2.24) is 0 Å². The number of allylic oxidation sites excluding steroid dienone is 1. The number of nitrogens with one attached hydrogen (secondary N) is 1. The molecule has 1 aliphatic rings. The molecule has 0 atom stereocenters. The van der Waals surface area contributed by atoms with Crippen molar-refractivity contribution in [3.05, 3.63) is 75.4 Å². The number of nitrogens with zero attached hydrogens (tertiary/aromatic N) is 1. The zero-order valence-corrected chi connectivity index (χ0v) is 16.6. The van der Waals surface area contributed by atoms with Gasteiger partial charge in [-0.1, -0.05) is 18.2 Å². The summed E-state index contributed by atoms with van der Waals surface area (Å²) >= 11 is 0. The fourth-order valence-electron chi connectivity index (χ4n) is 2.80. The quantitative estimate of drug-likeness (QED) is 0.225. The number of phenolic OH excluding ortho intramolecular Hbond substituents is 1. The highest BCUT2D eigenvalue weighted by Crippen LogP contribution is 2.38. The Morgan fingerprint density at radius 3 is 2.61 bits per heavy atom. The van der Waals surface area contributed by atoms with Crippen LogP contribution in [0.4, 0.5) is 11.4 Å². The Hall–Kier alpha value is -4.34. The smallest absolute Gasteiger partial charge is 0.347 e. The lowest BCUT2D eigenvalue weighted by molar-refractivity contribution is -0.386. The molecule has 0 saturated carbocycles. The lowest BCUT2D eigenvalue weighted by atomic mass is 10.1. The number of nitro benzene ring substituents is 1. The molecule has 0 radical (unpaired) electrons. The van der Waals surface area contributed by atoms with Crippen molar-refractivity contribution in [3.63, 3.8) is 0 Å². The van der Waals surface area contributed by atoms with E-state index < -0.39 is 28.1 Å². The Labute approximate surface area is 176 Å². The number of rotatable bonds is 7. The number of methoxy groups -OCH3 is 1. The van der Waals surface area contributed by atoms with Crippen LogP contribution in [0.1, 0.15) is 12.5 Å². The van der Waals surface area contributed by atoms with Crippen LogP contribution in [0.25, 0.3) is 6.08 Å². The lowest BCUT2D eigenvalue weighted by Gasteiger charge is -2.09. The second kappa shape index (κ2) is 8.99. The number of nitro groups is 1. The molecular formula is C21H18N2O8. The van der Waals surface area contributed by atoms with E-state index in [9.17, 15) is 24.8 Å². The number of ether oxygens (including phenoxy) is 3. The van der Waals surface area contributed by atoms with Crippen molar-refractivity contribution in [2.24, 2.45) is 0 Å². The predicted octanol–water partition coefficient (Wildman–Crippen LogP) is 3.14. The number of anilines is 1. The minimum Gasteiger partial charge on any atom is -0.500 e. The summed E-state index contributed by atoms with van der Waals surface area (Å²) in [6, 6.07) is 11.1. The molecule has 3 rings (SSSR count). The van der Waals surface area contributed by atoms with E-state index in [1.165, 1.54) is 19.3 Å². The minimum absolute atomic E-state index is 0.0502. The van der Waals surface area contributed by atoms with Crippen LogP contribution in [0.15, 0.2) is 59.7 Å². The minimum atomic E-state index is -0.872. The lowest BCUT2D eigenvalue weighted by Crippen LogP contribution is -2.16. The predicted molar refractivity (Wildman–Crippen MR) is 109 cm³/mol. The summed E-state index contributed by atoms with van der Waals surface area (Å²) in [6.45, 7) is 1.65. The van der Waals surface area contributed by atoms with E-state index in [-0.39, 0.29) is 35.1 Å². The average molecular weight is 426 g/mol. The fraction of sp³-hybridized carbons (Fsp3) is 0.143. The average Bonchev–Trinajstić information content (AvgIpc) is 3.04. The highest BCUT2D eigenvalue weighted by molar-refractivity contribution is 6.26. The second-order valence-corrected chi connectivity index (χ2v) is 6.20. The molecular weight excluding hydrogens is 408 g/mol. The molecule has 160 valence electrons. The number of carbonyl (C=O) groups is 2. The highest BCUT2D eigenvalue weighted by Gasteiger charge is 2.37. The number of hydrogen-bond acceptors (Lipinski definition) is 9. The van der Waals surface area contributed by atoms with Crippen molar-refractivity contribution >= 4 is 29.2 Å². The van der Waals surface area contributed by atoms with Gasteiger partial charge in [0.15, 0.2) is 17.1 Å². The molecule has 2 aromatic carbocycles. The number of para-hydroxylation sites is 1. The van der Waals surface area contributed by atoms with Gasteiger partial charge in [-0.15, -0.1) is 0 Å². The van der Waals surface area contributed by atoms with Crippen LogP contribution in [-0.4, -0.2) is 35.5 Å². The van der Waals surface area contributed by atoms with Gasteiger partial charge in [-0.05, 0) is 36.8 Å². The van der Waals surface area contributed by atoms with E-state index >= 15 is 0 Å². The van der Waals surface area contributed by atoms with Crippen molar-refractivity contribution < 1.29 is 33.8 Å². The first-order chi connectivity index (χ1) is 14.8. The standard InChI is InChI=1S/C21H18N2O8/c1-3-30-21(26)17-19(25)16(31-20(17)22-13-7-5-4-6-8-13)11-12-9-14(23(27)28)18(24)15(10-12)29-2/h4-11,22,24H,3H2,1-2H3/b16-11-. The molecule has 10 nitrogen and oxygen atoms in total. The van der Waals surface area contributed by atoms with Crippen LogP contribution in [0.5, 0.6) is 11.5 Å². The maximum absolute atomic E-state index is 12.9. The maximum Gasteiger partial charge on any atom is 0.347 e. The van der Waals surface area contributed by atoms with Gasteiger partial charge in [0.2, 0.25) is 17.4 Å². The van der Waals surface area contributed by atoms with Gasteiger partial charge in [0, 0.05) is 11.8 Å². The first-order valence-electron chi connectivity index (χ1n) is 9.08. The Bertz CT molecular complexity index is 1110. The Kier molecular flexibility index (Phi) is 6.20. The monoisotopic (exact) mass is 426 g/mol. The normalized spacial score (nSPS) is 14.4.